The summed E-state index contributed by atoms with van der Waals surface area (Å²) in [6.45, 7) is 1.79. The molecule has 0 spiro atoms. The highest BCUT2D eigenvalue weighted by Crippen LogP contribution is 2.45. The van der Waals surface area contributed by atoms with Crippen molar-refractivity contribution in [3.8, 4) is 5.75 Å². The highest BCUT2D eigenvalue weighted by molar-refractivity contribution is 6.31. The zero-order valence-electron chi connectivity index (χ0n) is 28.2. The monoisotopic (exact) mass is 691 g/mol. The molecule has 6 heteroatoms. The van der Waals surface area contributed by atoms with E-state index in [1.54, 1.807) is 13.0 Å². The number of hydrogen-bond donors (Lipinski definition) is 0. The summed E-state index contributed by atoms with van der Waals surface area (Å²) in [4.78, 5) is 20.2. The van der Waals surface area contributed by atoms with E-state index in [4.69, 9.17) is 21.3 Å². The first-order valence-corrected chi connectivity index (χ1v) is 17.8. The van der Waals surface area contributed by atoms with E-state index >= 15 is 0 Å². The number of aromatic nitrogens is 2. The minimum absolute atomic E-state index is 0.232. The van der Waals surface area contributed by atoms with Crippen molar-refractivity contribution >= 4 is 105 Å². The number of esters is 1. The quantitative estimate of drug-likeness (QED) is 0.102. The van der Waals surface area contributed by atoms with Crippen molar-refractivity contribution in [2.45, 2.75) is 13.3 Å². The number of ether oxygens (including phenoxy) is 1. The lowest BCUT2D eigenvalue weighted by Crippen LogP contribution is -2.14. The predicted octanol–water partition coefficient (Wildman–Crippen LogP) is 12.7. The molecule has 0 bridgehead atoms. The summed E-state index contributed by atoms with van der Waals surface area (Å²) in [7, 11) is 0. The molecule has 8 aromatic carbocycles. The van der Waals surface area contributed by atoms with Gasteiger partial charge in [0.15, 0.2) is 5.75 Å². The van der Waals surface area contributed by atoms with Crippen molar-refractivity contribution in [3.63, 3.8) is 0 Å². The molecular weight excluding hydrogens is 662 g/mol. The van der Waals surface area contributed by atoms with Gasteiger partial charge in [-0.25, -0.2) is 4.98 Å². The van der Waals surface area contributed by atoms with Gasteiger partial charge in [0.05, 0.1) is 22.2 Å². The van der Waals surface area contributed by atoms with Crippen LogP contribution in [0.5, 0.6) is 5.75 Å². The van der Waals surface area contributed by atoms with Gasteiger partial charge >= 0.3 is 5.97 Å². The Morgan fingerprint density at radius 2 is 1.15 bits per heavy atom. The Morgan fingerprint density at radius 3 is 1.85 bits per heavy atom. The second-order valence-corrected chi connectivity index (χ2v) is 13.5. The summed E-state index contributed by atoms with van der Waals surface area (Å²) in [6, 6.07) is 52.5. The van der Waals surface area contributed by atoms with Gasteiger partial charge in [0.2, 0.25) is 0 Å². The van der Waals surface area contributed by atoms with Gasteiger partial charge in [0, 0.05) is 39.7 Å². The minimum atomic E-state index is -0.339. The third kappa shape index (κ3) is 4.63. The van der Waals surface area contributed by atoms with E-state index in [1.807, 2.05) is 12.1 Å². The number of anilines is 3. The highest BCUT2D eigenvalue weighted by atomic mass is 35.5. The number of rotatable bonds is 5. The summed E-state index contributed by atoms with van der Waals surface area (Å²) in [5.74, 6) is 0.0453. The highest BCUT2D eigenvalue weighted by Gasteiger charge is 2.22. The topological polar surface area (TPSA) is 46.8 Å². The number of benzene rings is 8. The molecule has 248 valence electrons. The molecule has 0 atom stereocenters. The molecule has 0 fully saturated rings. The standard InChI is InChI=1S/C46H30ClN3O2/c1-2-45(51)52-44-25-28(47)19-23-43(44)49(29-20-22-36-33-13-4-3-11-31(33)32-12-5-6-14-34(32)39(36)26-29)30-21-24-42-40(27-30)48-46-38-17-8-7-15-35(38)37-16-9-10-18-41(37)50(42)46/h3-27H,2H2,1H3. The van der Waals surface area contributed by atoms with Gasteiger partial charge in [-0.05, 0) is 86.2 Å². The lowest BCUT2D eigenvalue weighted by molar-refractivity contribution is -0.133. The number of imidazole rings is 1. The van der Waals surface area contributed by atoms with Crippen LogP contribution >= 0.6 is 11.6 Å². The van der Waals surface area contributed by atoms with E-state index in [-0.39, 0.29) is 12.4 Å². The maximum atomic E-state index is 12.8. The van der Waals surface area contributed by atoms with E-state index in [0.717, 1.165) is 44.3 Å². The fourth-order valence-electron chi connectivity index (χ4n) is 7.85. The number of fused-ring (bicyclic) bond motifs is 14. The second kappa shape index (κ2) is 11.8. The molecule has 0 N–H and O–H groups in total. The number of nitrogens with zero attached hydrogens (tertiary/aromatic N) is 3. The number of pyridine rings is 1. The van der Waals surface area contributed by atoms with Crippen LogP contribution in [0.25, 0.3) is 70.7 Å². The lowest BCUT2D eigenvalue weighted by atomic mass is 9.94. The van der Waals surface area contributed by atoms with Crippen LogP contribution in [0.15, 0.2) is 152 Å². The second-order valence-electron chi connectivity index (χ2n) is 13.1. The van der Waals surface area contributed by atoms with E-state index in [1.165, 1.54) is 37.7 Å². The van der Waals surface area contributed by atoms with E-state index in [9.17, 15) is 4.79 Å². The number of carbonyl (C=O) groups is 1. The van der Waals surface area contributed by atoms with Crippen LogP contribution in [0, 0.1) is 0 Å². The molecule has 2 heterocycles. The Kier molecular flexibility index (Phi) is 6.92. The van der Waals surface area contributed by atoms with Gasteiger partial charge in [-0.1, -0.05) is 116 Å². The van der Waals surface area contributed by atoms with Crippen LogP contribution in [-0.2, 0) is 4.79 Å². The first-order chi connectivity index (χ1) is 25.6. The summed E-state index contributed by atoms with van der Waals surface area (Å²) in [6.07, 6.45) is 0.232. The van der Waals surface area contributed by atoms with Crippen molar-refractivity contribution in [2.75, 3.05) is 4.90 Å². The number of para-hydroxylation sites is 1. The van der Waals surface area contributed by atoms with Crippen molar-refractivity contribution in [2.24, 2.45) is 0 Å². The molecule has 2 aromatic heterocycles. The Balaban J connectivity index is 1.27. The number of carbonyl (C=O) groups excluding carboxylic acids is 1. The molecule has 0 saturated carbocycles. The summed E-state index contributed by atoms with van der Waals surface area (Å²) >= 11 is 6.54. The van der Waals surface area contributed by atoms with E-state index in [0.29, 0.717) is 16.5 Å². The minimum Gasteiger partial charge on any atom is -0.424 e. The zero-order valence-corrected chi connectivity index (χ0v) is 28.9. The van der Waals surface area contributed by atoms with E-state index in [2.05, 4.69) is 143 Å². The number of hydrogen-bond acceptors (Lipinski definition) is 4. The van der Waals surface area contributed by atoms with Gasteiger partial charge < -0.3 is 9.64 Å². The Hall–Kier alpha value is -6.43. The summed E-state index contributed by atoms with van der Waals surface area (Å²) in [5.41, 5.74) is 6.32. The van der Waals surface area contributed by atoms with Gasteiger partial charge in [-0.2, -0.15) is 0 Å². The van der Waals surface area contributed by atoms with Crippen LogP contribution in [-0.4, -0.2) is 15.4 Å². The maximum Gasteiger partial charge on any atom is 0.310 e. The van der Waals surface area contributed by atoms with Gasteiger partial charge in [-0.3, -0.25) is 9.20 Å². The molecular formula is C46H30ClN3O2. The lowest BCUT2D eigenvalue weighted by Gasteiger charge is -2.28. The molecule has 0 aliphatic heterocycles. The van der Waals surface area contributed by atoms with Crippen molar-refractivity contribution < 1.29 is 9.53 Å². The third-order valence-corrected chi connectivity index (χ3v) is 10.4. The SMILES string of the molecule is CCC(=O)Oc1cc(Cl)ccc1N(c1ccc2c(c1)nc1c3ccccc3c3ccccc3n21)c1ccc2c3ccccc3c3ccccc3c2c1. The zero-order chi connectivity index (χ0) is 34.9. The molecule has 0 unspecified atom stereocenters. The van der Waals surface area contributed by atoms with Crippen LogP contribution in [0.3, 0.4) is 0 Å². The normalized spacial score (nSPS) is 11.8. The van der Waals surface area contributed by atoms with Gasteiger partial charge in [0.1, 0.15) is 5.65 Å². The van der Waals surface area contributed by atoms with Gasteiger partial charge in [-0.15, -0.1) is 0 Å². The van der Waals surface area contributed by atoms with Crippen LogP contribution < -0.4 is 9.64 Å². The van der Waals surface area contributed by atoms with Crippen LogP contribution in [0.2, 0.25) is 5.02 Å². The van der Waals surface area contributed by atoms with Crippen LogP contribution in [0.4, 0.5) is 17.1 Å². The largest absolute Gasteiger partial charge is 0.424 e. The molecule has 5 nitrogen and oxygen atoms in total. The maximum absolute atomic E-state index is 12.8. The van der Waals surface area contributed by atoms with Gasteiger partial charge in [0.25, 0.3) is 0 Å². The first-order valence-electron chi connectivity index (χ1n) is 17.4. The molecule has 0 saturated heterocycles. The third-order valence-electron chi connectivity index (χ3n) is 10.2. The average Bonchev–Trinajstić information content (AvgIpc) is 3.58. The fraction of sp³-hybridized carbons (Fsp3) is 0.0435. The molecule has 0 amide bonds. The smallest absolute Gasteiger partial charge is 0.310 e. The summed E-state index contributed by atoms with van der Waals surface area (Å²) < 4.78 is 8.22. The Morgan fingerprint density at radius 1 is 0.596 bits per heavy atom. The van der Waals surface area contributed by atoms with E-state index < -0.39 is 0 Å². The van der Waals surface area contributed by atoms with Crippen molar-refractivity contribution in [1.29, 1.82) is 0 Å². The predicted molar refractivity (Wildman–Crippen MR) is 216 cm³/mol. The number of halogens is 1. The Bertz CT molecular complexity index is 3060. The first kappa shape index (κ1) is 30.4. The Labute approximate surface area is 303 Å². The molecule has 52 heavy (non-hydrogen) atoms. The van der Waals surface area contributed by atoms with Crippen LogP contribution in [0.1, 0.15) is 13.3 Å². The van der Waals surface area contributed by atoms with Crippen molar-refractivity contribution in [3.05, 3.63) is 157 Å². The molecule has 10 aromatic rings. The average molecular weight is 692 g/mol. The molecule has 0 aliphatic rings. The van der Waals surface area contributed by atoms with Crippen molar-refractivity contribution in [1.82, 2.24) is 9.38 Å². The molecule has 10 rings (SSSR count). The molecule has 0 radical (unpaired) electrons. The molecule has 0 aliphatic carbocycles. The summed E-state index contributed by atoms with van der Waals surface area (Å²) in [5, 5.41) is 11.0. The fourth-order valence-corrected chi connectivity index (χ4v) is 8.01.